The predicted molar refractivity (Wildman–Crippen MR) is 67.9 cm³/mol. The third-order valence-corrected chi connectivity index (χ3v) is 2.83. The molecule has 1 aromatic rings. The first-order valence-electron chi connectivity index (χ1n) is 6.34. The average molecular weight is 240 g/mol. The second kappa shape index (κ2) is 8.20. The van der Waals surface area contributed by atoms with E-state index in [2.05, 4.69) is 29.2 Å². The fraction of sp³-hybridized carbons (Fsp3) is 0.833. The van der Waals surface area contributed by atoms with Crippen molar-refractivity contribution in [1.29, 1.82) is 0 Å². The summed E-state index contributed by atoms with van der Waals surface area (Å²) in [5, 5.41) is 7.55. The van der Waals surface area contributed by atoms with Crippen LogP contribution in [0.3, 0.4) is 0 Å². The van der Waals surface area contributed by atoms with Gasteiger partial charge < -0.3 is 10.1 Å². The number of aromatic nitrogens is 3. The van der Waals surface area contributed by atoms with Crippen LogP contribution < -0.4 is 5.32 Å². The molecule has 17 heavy (non-hydrogen) atoms. The van der Waals surface area contributed by atoms with Crippen LogP contribution in [-0.4, -0.2) is 41.6 Å². The van der Waals surface area contributed by atoms with E-state index in [4.69, 9.17) is 4.74 Å². The molecule has 0 aromatic carbocycles. The minimum Gasteiger partial charge on any atom is -0.383 e. The van der Waals surface area contributed by atoms with Crippen LogP contribution in [0.5, 0.6) is 0 Å². The first-order valence-corrected chi connectivity index (χ1v) is 6.34. The predicted octanol–water partition coefficient (Wildman–Crippen LogP) is 1.10. The van der Waals surface area contributed by atoms with E-state index in [1.54, 1.807) is 13.4 Å². The highest BCUT2D eigenvalue weighted by Gasteiger charge is 2.06. The van der Waals surface area contributed by atoms with Gasteiger partial charge in [-0.25, -0.2) is 4.98 Å². The Balaban J connectivity index is 2.17. The third kappa shape index (κ3) is 5.28. The summed E-state index contributed by atoms with van der Waals surface area (Å²) in [6.45, 7) is 7.97. The standard InChI is InChI=1S/C12H24N4O/c1-4-16-12(14-10-15-16)6-5-11(2)9-13-7-8-17-3/h10-11,13H,4-9H2,1-3H3. The molecule has 1 atom stereocenters. The third-order valence-electron chi connectivity index (χ3n) is 2.83. The molecule has 0 saturated heterocycles. The molecule has 5 nitrogen and oxygen atoms in total. The fourth-order valence-electron chi connectivity index (χ4n) is 1.75. The molecule has 0 radical (unpaired) electrons. The number of aryl methyl sites for hydroxylation is 2. The van der Waals surface area contributed by atoms with Gasteiger partial charge in [-0.2, -0.15) is 5.10 Å². The normalized spacial score (nSPS) is 12.9. The van der Waals surface area contributed by atoms with E-state index in [9.17, 15) is 0 Å². The highest BCUT2D eigenvalue weighted by Crippen LogP contribution is 2.06. The van der Waals surface area contributed by atoms with E-state index in [1.807, 2.05) is 4.68 Å². The number of nitrogens with zero attached hydrogens (tertiary/aromatic N) is 3. The Labute approximate surface area is 104 Å². The molecule has 0 aliphatic carbocycles. The highest BCUT2D eigenvalue weighted by atomic mass is 16.5. The van der Waals surface area contributed by atoms with Crippen molar-refractivity contribution in [2.24, 2.45) is 5.92 Å². The molecule has 1 rings (SSSR count). The minimum absolute atomic E-state index is 0.647. The Morgan fingerprint density at radius 2 is 2.35 bits per heavy atom. The number of ether oxygens (including phenoxy) is 1. The van der Waals surface area contributed by atoms with Crippen molar-refractivity contribution < 1.29 is 4.74 Å². The molecule has 1 N–H and O–H groups in total. The van der Waals surface area contributed by atoms with Gasteiger partial charge in [0, 0.05) is 26.6 Å². The van der Waals surface area contributed by atoms with Crippen molar-refractivity contribution in [2.75, 3.05) is 26.8 Å². The highest BCUT2D eigenvalue weighted by molar-refractivity contribution is 4.85. The summed E-state index contributed by atoms with van der Waals surface area (Å²) in [5.74, 6) is 1.74. The lowest BCUT2D eigenvalue weighted by Crippen LogP contribution is -2.25. The first kappa shape index (κ1) is 14.1. The molecule has 1 heterocycles. The van der Waals surface area contributed by atoms with Crippen LogP contribution in [0, 0.1) is 5.92 Å². The van der Waals surface area contributed by atoms with Gasteiger partial charge in [-0.15, -0.1) is 0 Å². The summed E-state index contributed by atoms with van der Waals surface area (Å²) < 4.78 is 6.95. The zero-order valence-corrected chi connectivity index (χ0v) is 11.1. The second-order valence-electron chi connectivity index (χ2n) is 4.33. The number of methoxy groups -OCH3 is 1. The summed E-state index contributed by atoms with van der Waals surface area (Å²) in [6.07, 6.45) is 3.78. The van der Waals surface area contributed by atoms with Gasteiger partial charge in [0.15, 0.2) is 0 Å². The van der Waals surface area contributed by atoms with Gasteiger partial charge in [0.05, 0.1) is 6.61 Å². The Bertz CT molecular complexity index is 300. The van der Waals surface area contributed by atoms with Gasteiger partial charge in [0.25, 0.3) is 0 Å². The molecule has 5 heteroatoms. The molecule has 0 amide bonds. The SMILES string of the molecule is CCn1ncnc1CCC(C)CNCCOC. The number of nitrogens with one attached hydrogen (secondary N) is 1. The molecule has 0 fully saturated rings. The number of hydrogen-bond donors (Lipinski definition) is 1. The molecule has 0 aliphatic heterocycles. The summed E-state index contributed by atoms with van der Waals surface area (Å²) in [5.41, 5.74) is 0. The van der Waals surface area contributed by atoms with Gasteiger partial charge in [0.1, 0.15) is 12.2 Å². The van der Waals surface area contributed by atoms with Crippen LogP contribution in [0.25, 0.3) is 0 Å². The van der Waals surface area contributed by atoms with Gasteiger partial charge in [0.2, 0.25) is 0 Å². The van der Waals surface area contributed by atoms with Crippen LogP contribution in [0.15, 0.2) is 6.33 Å². The quantitative estimate of drug-likeness (QED) is 0.657. The van der Waals surface area contributed by atoms with Crippen LogP contribution in [0.2, 0.25) is 0 Å². The smallest absolute Gasteiger partial charge is 0.138 e. The lowest BCUT2D eigenvalue weighted by molar-refractivity contribution is 0.198. The summed E-state index contributed by atoms with van der Waals surface area (Å²) in [7, 11) is 1.72. The average Bonchev–Trinajstić information content (AvgIpc) is 2.79. The van der Waals surface area contributed by atoms with E-state index >= 15 is 0 Å². The molecule has 1 unspecified atom stereocenters. The molecule has 0 bridgehead atoms. The van der Waals surface area contributed by atoms with Crippen molar-refractivity contribution in [2.45, 2.75) is 33.2 Å². The van der Waals surface area contributed by atoms with Crippen molar-refractivity contribution in [3.63, 3.8) is 0 Å². The van der Waals surface area contributed by atoms with Crippen LogP contribution in [0.1, 0.15) is 26.1 Å². The largest absolute Gasteiger partial charge is 0.383 e. The van der Waals surface area contributed by atoms with E-state index < -0.39 is 0 Å². The topological polar surface area (TPSA) is 52.0 Å². The first-order chi connectivity index (χ1) is 8.27. The molecule has 0 saturated carbocycles. The van der Waals surface area contributed by atoms with Crippen molar-refractivity contribution in [3.05, 3.63) is 12.2 Å². The van der Waals surface area contributed by atoms with Gasteiger partial charge in [-0.05, 0) is 25.8 Å². The molecule has 0 spiro atoms. The lowest BCUT2D eigenvalue weighted by Gasteiger charge is -2.12. The number of hydrogen-bond acceptors (Lipinski definition) is 4. The Morgan fingerprint density at radius 1 is 1.53 bits per heavy atom. The maximum atomic E-state index is 4.99. The number of rotatable bonds is 9. The van der Waals surface area contributed by atoms with Crippen LogP contribution >= 0.6 is 0 Å². The molecular formula is C12H24N4O. The molecule has 0 aliphatic rings. The Kier molecular flexibility index (Phi) is 6.81. The second-order valence-corrected chi connectivity index (χ2v) is 4.33. The minimum atomic E-state index is 0.647. The van der Waals surface area contributed by atoms with E-state index in [0.29, 0.717) is 5.92 Å². The molecule has 98 valence electrons. The van der Waals surface area contributed by atoms with Crippen LogP contribution in [0.4, 0.5) is 0 Å². The summed E-state index contributed by atoms with van der Waals surface area (Å²) in [6, 6.07) is 0. The molecule has 1 aromatic heterocycles. The Hall–Kier alpha value is -0.940. The molecular weight excluding hydrogens is 216 g/mol. The summed E-state index contributed by atoms with van der Waals surface area (Å²) >= 11 is 0. The summed E-state index contributed by atoms with van der Waals surface area (Å²) in [4.78, 5) is 4.28. The monoisotopic (exact) mass is 240 g/mol. The van der Waals surface area contributed by atoms with Crippen molar-refractivity contribution in [3.8, 4) is 0 Å². The van der Waals surface area contributed by atoms with Gasteiger partial charge in [-0.1, -0.05) is 6.92 Å². The van der Waals surface area contributed by atoms with E-state index in [0.717, 1.165) is 44.9 Å². The van der Waals surface area contributed by atoms with Gasteiger partial charge in [-0.3, -0.25) is 4.68 Å². The lowest BCUT2D eigenvalue weighted by atomic mass is 10.1. The van der Waals surface area contributed by atoms with E-state index in [-0.39, 0.29) is 0 Å². The van der Waals surface area contributed by atoms with Gasteiger partial charge >= 0.3 is 0 Å². The zero-order valence-electron chi connectivity index (χ0n) is 11.1. The maximum Gasteiger partial charge on any atom is 0.138 e. The fourth-order valence-corrected chi connectivity index (χ4v) is 1.75. The van der Waals surface area contributed by atoms with Crippen molar-refractivity contribution in [1.82, 2.24) is 20.1 Å². The van der Waals surface area contributed by atoms with Crippen molar-refractivity contribution >= 4 is 0 Å². The maximum absolute atomic E-state index is 4.99. The zero-order chi connectivity index (χ0) is 12.5. The van der Waals surface area contributed by atoms with E-state index in [1.165, 1.54) is 0 Å². The van der Waals surface area contributed by atoms with Crippen LogP contribution in [-0.2, 0) is 17.7 Å². The Morgan fingerprint density at radius 3 is 3.06 bits per heavy atom.